The molecule has 0 unspecified atom stereocenters. The van der Waals surface area contributed by atoms with Crippen molar-refractivity contribution in [2.75, 3.05) is 20.1 Å². The maximum Gasteiger partial charge on any atom is 0.193 e. The van der Waals surface area contributed by atoms with E-state index in [0.717, 1.165) is 24.7 Å². The predicted molar refractivity (Wildman–Crippen MR) is 111 cm³/mol. The molecule has 132 valence electrons. The van der Waals surface area contributed by atoms with Crippen molar-refractivity contribution >= 4 is 29.9 Å². The smallest absolute Gasteiger partial charge is 0.193 e. The number of hydrogen-bond acceptors (Lipinski definition) is 2. The molecule has 0 atom stereocenters. The Morgan fingerprint density at radius 3 is 2.75 bits per heavy atom. The first-order valence-corrected chi connectivity index (χ1v) is 8.32. The van der Waals surface area contributed by atoms with Crippen LogP contribution in [0.5, 0.6) is 0 Å². The Morgan fingerprint density at radius 2 is 2.08 bits per heavy atom. The minimum absolute atomic E-state index is 0. The summed E-state index contributed by atoms with van der Waals surface area (Å²) in [7, 11) is 2.10. The zero-order valence-electron chi connectivity index (χ0n) is 14.8. The van der Waals surface area contributed by atoms with Crippen molar-refractivity contribution in [2.24, 2.45) is 4.99 Å². The Labute approximate surface area is 162 Å². The number of nitrogens with zero attached hydrogens (tertiary/aromatic N) is 4. The third kappa shape index (κ3) is 5.81. The molecule has 1 heterocycles. The highest BCUT2D eigenvalue weighted by Crippen LogP contribution is 2.15. The number of imidazole rings is 1. The number of unbranched alkanes of at least 4 members (excludes halogenated alkanes) is 1. The number of para-hydroxylation sites is 1. The van der Waals surface area contributed by atoms with Crippen molar-refractivity contribution in [1.29, 1.82) is 0 Å². The molecule has 0 saturated heterocycles. The number of hydrogen-bond donors (Lipinski definition) is 1. The van der Waals surface area contributed by atoms with Crippen molar-refractivity contribution in [3.05, 3.63) is 48.5 Å². The predicted octanol–water partition coefficient (Wildman–Crippen LogP) is 3.69. The maximum atomic E-state index is 4.80. The van der Waals surface area contributed by atoms with Crippen LogP contribution in [-0.2, 0) is 6.54 Å². The second kappa shape index (κ2) is 11.1. The zero-order chi connectivity index (χ0) is 16.5. The number of halogens is 1. The lowest BCUT2D eigenvalue weighted by atomic mass is 10.2. The highest BCUT2D eigenvalue weighted by molar-refractivity contribution is 14.0. The summed E-state index contributed by atoms with van der Waals surface area (Å²) in [5.74, 6) is 0.960. The quantitative estimate of drug-likeness (QED) is 0.405. The van der Waals surface area contributed by atoms with Gasteiger partial charge in [-0.05, 0) is 25.0 Å². The first kappa shape index (κ1) is 20.5. The summed E-state index contributed by atoms with van der Waals surface area (Å²) in [6.45, 7) is 6.85. The summed E-state index contributed by atoms with van der Waals surface area (Å²) in [4.78, 5) is 11.1. The topological polar surface area (TPSA) is 45.5 Å². The molecule has 0 spiro atoms. The minimum Gasteiger partial charge on any atom is -0.357 e. The highest BCUT2D eigenvalue weighted by atomic mass is 127. The number of nitrogens with one attached hydrogen (secondary N) is 1. The van der Waals surface area contributed by atoms with Gasteiger partial charge >= 0.3 is 0 Å². The van der Waals surface area contributed by atoms with E-state index in [-0.39, 0.29) is 24.0 Å². The molecule has 0 aliphatic rings. The van der Waals surface area contributed by atoms with Crippen molar-refractivity contribution in [3.63, 3.8) is 0 Å². The van der Waals surface area contributed by atoms with Crippen LogP contribution in [0.4, 0.5) is 0 Å². The van der Waals surface area contributed by atoms with Crippen molar-refractivity contribution in [3.8, 4) is 5.69 Å². The van der Waals surface area contributed by atoms with Crippen molar-refractivity contribution in [2.45, 2.75) is 33.2 Å². The van der Waals surface area contributed by atoms with Crippen LogP contribution in [-0.4, -0.2) is 40.5 Å². The van der Waals surface area contributed by atoms with Gasteiger partial charge in [-0.3, -0.25) is 0 Å². The van der Waals surface area contributed by atoms with Crippen molar-refractivity contribution in [1.82, 2.24) is 19.8 Å². The number of aromatic nitrogens is 2. The Hall–Kier alpha value is -1.57. The van der Waals surface area contributed by atoms with Crippen LogP contribution in [0, 0.1) is 0 Å². The van der Waals surface area contributed by atoms with Gasteiger partial charge in [-0.15, -0.1) is 24.0 Å². The van der Waals surface area contributed by atoms with Gasteiger partial charge in [0.15, 0.2) is 5.96 Å². The van der Waals surface area contributed by atoms with Gasteiger partial charge in [0, 0.05) is 32.5 Å². The van der Waals surface area contributed by atoms with Gasteiger partial charge in [0.05, 0.1) is 18.6 Å². The Bertz CT molecular complexity index is 610. The van der Waals surface area contributed by atoms with Gasteiger partial charge in [0.25, 0.3) is 0 Å². The standard InChI is InChI=1S/C18H27N5.HI/c1-4-6-12-22(3)18(20-5-2)21-14-16-9-7-8-10-17(16)23-13-11-19-15-23;/h7-11,13,15H,4-6,12,14H2,1-3H3,(H,20,21);1H. The first-order valence-electron chi connectivity index (χ1n) is 8.32. The average molecular weight is 441 g/mol. The normalized spacial score (nSPS) is 11.0. The van der Waals surface area contributed by atoms with Crippen LogP contribution in [0.3, 0.4) is 0 Å². The van der Waals surface area contributed by atoms with Crippen LogP contribution in [0.2, 0.25) is 0 Å². The summed E-state index contributed by atoms with van der Waals surface area (Å²) in [6.07, 6.45) is 7.94. The lowest BCUT2D eigenvalue weighted by molar-refractivity contribution is 0.465. The van der Waals surface area contributed by atoms with E-state index in [1.807, 2.05) is 23.2 Å². The summed E-state index contributed by atoms with van der Waals surface area (Å²) in [5.41, 5.74) is 2.31. The molecule has 1 aromatic heterocycles. The average Bonchev–Trinajstić information content (AvgIpc) is 3.11. The third-order valence-electron chi connectivity index (χ3n) is 3.72. The second-order valence-corrected chi connectivity index (χ2v) is 5.54. The molecule has 0 bridgehead atoms. The number of aliphatic imine (C=N–C) groups is 1. The molecule has 1 N–H and O–H groups in total. The van der Waals surface area contributed by atoms with Crippen LogP contribution in [0.25, 0.3) is 5.69 Å². The van der Waals surface area contributed by atoms with Crippen LogP contribution < -0.4 is 5.32 Å². The van der Waals surface area contributed by atoms with E-state index >= 15 is 0 Å². The monoisotopic (exact) mass is 441 g/mol. The van der Waals surface area contributed by atoms with Gasteiger partial charge in [-0.2, -0.15) is 0 Å². The minimum atomic E-state index is 0. The summed E-state index contributed by atoms with van der Waals surface area (Å²) >= 11 is 0. The molecule has 6 heteroatoms. The van der Waals surface area contributed by atoms with E-state index < -0.39 is 0 Å². The lowest BCUT2D eigenvalue weighted by Crippen LogP contribution is -2.39. The van der Waals surface area contributed by atoms with Crippen LogP contribution in [0.15, 0.2) is 48.0 Å². The van der Waals surface area contributed by atoms with E-state index in [4.69, 9.17) is 4.99 Å². The Morgan fingerprint density at radius 1 is 1.29 bits per heavy atom. The fourth-order valence-corrected chi connectivity index (χ4v) is 2.43. The SMILES string of the molecule is CCCCN(C)C(=NCc1ccccc1-n1ccnc1)NCC.I. The van der Waals surface area contributed by atoms with Gasteiger partial charge < -0.3 is 14.8 Å². The van der Waals surface area contributed by atoms with Gasteiger partial charge in [-0.25, -0.2) is 9.98 Å². The molecule has 5 nitrogen and oxygen atoms in total. The van der Waals surface area contributed by atoms with Crippen LogP contribution in [0.1, 0.15) is 32.3 Å². The Kier molecular flexibility index (Phi) is 9.44. The highest BCUT2D eigenvalue weighted by Gasteiger charge is 2.07. The molecule has 0 aliphatic heterocycles. The number of guanidine groups is 1. The van der Waals surface area contributed by atoms with E-state index in [9.17, 15) is 0 Å². The molecular weight excluding hydrogens is 413 g/mol. The van der Waals surface area contributed by atoms with E-state index in [1.54, 1.807) is 6.20 Å². The lowest BCUT2D eigenvalue weighted by Gasteiger charge is -2.22. The van der Waals surface area contributed by atoms with Crippen molar-refractivity contribution < 1.29 is 0 Å². The largest absolute Gasteiger partial charge is 0.357 e. The molecule has 2 aromatic rings. The molecule has 0 amide bonds. The molecule has 0 saturated carbocycles. The molecule has 2 rings (SSSR count). The Balaban J connectivity index is 0.00000288. The molecular formula is C18H28IN5. The van der Waals surface area contributed by atoms with Gasteiger partial charge in [0.2, 0.25) is 0 Å². The fourth-order valence-electron chi connectivity index (χ4n) is 2.43. The summed E-state index contributed by atoms with van der Waals surface area (Å²) in [5, 5.41) is 3.37. The van der Waals surface area contributed by atoms with E-state index in [0.29, 0.717) is 6.54 Å². The number of benzene rings is 1. The van der Waals surface area contributed by atoms with E-state index in [2.05, 4.69) is 54.3 Å². The third-order valence-corrected chi connectivity index (χ3v) is 3.72. The molecule has 24 heavy (non-hydrogen) atoms. The number of rotatable bonds is 7. The zero-order valence-corrected chi connectivity index (χ0v) is 17.1. The molecule has 0 aliphatic carbocycles. The molecule has 0 fully saturated rings. The molecule has 1 aromatic carbocycles. The van der Waals surface area contributed by atoms with Gasteiger partial charge in [-0.1, -0.05) is 31.5 Å². The second-order valence-electron chi connectivity index (χ2n) is 5.54. The van der Waals surface area contributed by atoms with E-state index in [1.165, 1.54) is 18.4 Å². The fraction of sp³-hybridized carbons (Fsp3) is 0.444. The van der Waals surface area contributed by atoms with Gasteiger partial charge in [0.1, 0.15) is 0 Å². The summed E-state index contributed by atoms with van der Waals surface area (Å²) in [6, 6.07) is 8.31. The summed E-state index contributed by atoms with van der Waals surface area (Å²) < 4.78 is 2.03. The first-order chi connectivity index (χ1) is 11.3. The van der Waals surface area contributed by atoms with Crippen LogP contribution >= 0.6 is 24.0 Å². The molecule has 0 radical (unpaired) electrons. The maximum absolute atomic E-state index is 4.80.